The molecule has 2 aliphatic heterocycles. The van der Waals surface area contributed by atoms with Crippen LogP contribution in [0.1, 0.15) is 19.3 Å². The molecule has 140 valence electrons. The van der Waals surface area contributed by atoms with E-state index in [1.54, 1.807) is 40.1 Å². The molecule has 5 nitrogen and oxygen atoms in total. The van der Waals surface area contributed by atoms with Crippen LogP contribution in [0.15, 0.2) is 64.5 Å². The molecule has 2 heterocycles. The van der Waals surface area contributed by atoms with E-state index in [0.29, 0.717) is 24.5 Å². The Morgan fingerprint density at radius 1 is 0.926 bits per heavy atom. The summed E-state index contributed by atoms with van der Waals surface area (Å²) in [6, 6.07) is 12.3. The molecule has 2 aliphatic rings. The first kappa shape index (κ1) is 17.7. The fourth-order valence-electron chi connectivity index (χ4n) is 3.50. The second-order valence-electron chi connectivity index (χ2n) is 6.66. The van der Waals surface area contributed by atoms with Gasteiger partial charge in [-0.25, -0.2) is 12.8 Å². The number of carbonyl (C=O) groups excluding carboxylic acids is 1. The molecule has 2 aromatic carbocycles. The van der Waals surface area contributed by atoms with Crippen LogP contribution in [0.3, 0.4) is 0 Å². The molecule has 2 aromatic rings. The van der Waals surface area contributed by atoms with Crippen LogP contribution in [0.5, 0.6) is 0 Å². The van der Waals surface area contributed by atoms with Crippen LogP contribution in [0.25, 0.3) is 0 Å². The van der Waals surface area contributed by atoms with Crippen molar-refractivity contribution >= 4 is 27.1 Å². The second-order valence-corrected chi connectivity index (χ2v) is 8.55. The van der Waals surface area contributed by atoms with Crippen LogP contribution in [0.4, 0.5) is 15.8 Å². The first-order valence-corrected chi connectivity index (χ1v) is 10.4. The van der Waals surface area contributed by atoms with Crippen LogP contribution in [0, 0.1) is 5.82 Å². The zero-order chi connectivity index (χ0) is 19.0. The maximum Gasteiger partial charge on any atom is 0.267 e. The van der Waals surface area contributed by atoms with Crippen molar-refractivity contribution in [1.29, 1.82) is 0 Å². The summed E-state index contributed by atoms with van der Waals surface area (Å²) in [5.41, 5.74) is 1.03. The molecule has 0 aliphatic carbocycles. The van der Waals surface area contributed by atoms with Crippen LogP contribution in [-0.2, 0) is 14.6 Å². The number of sulfone groups is 1. The van der Waals surface area contributed by atoms with Gasteiger partial charge in [-0.05, 0) is 55.7 Å². The number of carbonyl (C=O) groups is 1. The van der Waals surface area contributed by atoms with Gasteiger partial charge in [0.2, 0.25) is 9.84 Å². The number of hydrogen-bond donors (Lipinski definition) is 0. The minimum absolute atomic E-state index is 0.0807. The normalized spacial score (nSPS) is 18.6. The lowest BCUT2D eigenvalue weighted by Crippen LogP contribution is -2.39. The fraction of sp³-hybridized carbons (Fsp3) is 0.250. The molecule has 7 heteroatoms. The Balaban J connectivity index is 1.84. The average molecular weight is 386 g/mol. The molecule has 0 saturated carbocycles. The Kier molecular flexibility index (Phi) is 4.47. The standard InChI is InChI=1S/C20H19FN2O3S/c21-15-8-10-16(11-9-15)23-14-19(20(24)22-12-4-1-5-13-22)27(25,26)18-7-3-2-6-17(18)23/h2-3,6-11,14H,1,4-5,12-13H2. The fourth-order valence-corrected chi connectivity index (χ4v) is 5.04. The van der Waals surface area contributed by atoms with Crippen molar-refractivity contribution in [3.05, 3.63) is 65.5 Å². The predicted octanol–water partition coefficient (Wildman–Crippen LogP) is 3.61. The Labute approximate surface area is 157 Å². The van der Waals surface area contributed by atoms with E-state index < -0.39 is 15.7 Å². The number of amides is 1. The van der Waals surface area contributed by atoms with Crippen molar-refractivity contribution in [3.63, 3.8) is 0 Å². The van der Waals surface area contributed by atoms with Crippen LogP contribution < -0.4 is 4.90 Å². The SMILES string of the molecule is O=C(C1=CN(c2ccc(F)cc2)c2ccccc2S1(=O)=O)N1CCCCC1. The highest BCUT2D eigenvalue weighted by molar-refractivity contribution is 7.96. The summed E-state index contributed by atoms with van der Waals surface area (Å²) in [6.45, 7) is 1.12. The number of halogens is 1. The molecule has 0 aromatic heterocycles. The Morgan fingerprint density at radius 3 is 2.30 bits per heavy atom. The Bertz CT molecular complexity index is 1010. The average Bonchev–Trinajstić information content (AvgIpc) is 2.69. The zero-order valence-electron chi connectivity index (χ0n) is 14.6. The first-order valence-electron chi connectivity index (χ1n) is 8.88. The summed E-state index contributed by atoms with van der Waals surface area (Å²) in [5.74, 6) is -0.860. The van der Waals surface area contributed by atoms with E-state index in [4.69, 9.17) is 0 Å². The van der Waals surface area contributed by atoms with Gasteiger partial charge in [-0.3, -0.25) is 4.79 Å². The molecular weight excluding hydrogens is 367 g/mol. The van der Waals surface area contributed by atoms with E-state index in [1.165, 1.54) is 24.4 Å². The van der Waals surface area contributed by atoms with E-state index >= 15 is 0 Å². The third-order valence-corrected chi connectivity index (χ3v) is 6.69. The minimum Gasteiger partial charge on any atom is -0.338 e. The molecule has 0 radical (unpaired) electrons. The number of anilines is 2. The van der Waals surface area contributed by atoms with Gasteiger partial charge in [-0.15, -0.1) is 0 Å². The van der Waals surface area contributed by atoms with Gasteiger partial charge in [0, 0.05) is 25.0 Å². The van der Waals surface area contributed by atoms with Gasteiger partial charge in [0.25, 0.3) is 5.91 Å². The molecule has 4 rings (SSSR count). The predicted molar refractivity (Wildman–Crippen MR) is 101 cm³/mol. The van der Waals surface area contributed by atoms with Crippen molar-refractivity contribution in [2.45, 2.75) is 24.2 Å². The smallest absolute Gasteiger partial charge is 0.267 e. The Hall–Kier alpha value is -2.67. The third-order valence-electron chi connectivity index (χ3n) is 4.91. The van der Waals surface area contributed by atoms with Crippen molar-refractivity contribution in [1.82, 2.24) is 4.90 Å². The highest BCUT2D eigenvalue weighted by Gasteiger charge is 2.37. The minimum atomic E-state index is -3.93. The van der Waals surface area contributed by atoms with Crippen molar-refractivity contribution in [2.75, 3.05) is 18.0 Å². The van der Waals surface area contributed by atoms with Gasteiger partial charge in [-0.2, -0.15) is 0 Å². The van der Waals surface area contributed by atoms with Gasteiger partial charge in [-0.1, -0.05) is 12.1 Å². The van der Waals surface area contributed by atoms with Crippen LogP contribution >= 0.6 is 0 Å². The molecule has 0 N–H and O–H groups in total. The number of rotatable bonds is 2. The van der Waals surface area contributed by atoms with E-state index in [9.17, 15) is 17.6 Å². The monoisotopic (exact) mass is 386 g/mol. The van der Waals surface area contributed by atoms with Gasteiger partial charge in [0.1, 0.15) is 5.82 Å². The van der Waals surface area contributed by atoms with Crippen molar-refractivity contribution in [2.24, 2.45) is 0 Å². The summed E-state index contributed by atoms with van der Waals surface area (Å²) < 4.78 is 39.6. The first-order chi connectivity index (χ1) is 13.0. The molecule has 1 fully saturated rings. The highest BCUT2D eigenvalue weighted by atomic mass is 32.2. The number of fused-ring (bicyclic) bond motifs is 1. The van der Waals surface area contributed by atoms with Crippen molar-refractivity contribution < 1.29 is 17.6 Å². The molecule has 27 heavy (non-hydrogen) atoms. The zero-order valence-corrected chi connectivity index (χ0v) is 15.5. The number of hydrogen-bond acceptors (Lipinski definition) is 4. The lowest BCUT2D eigenvalue weighted by Gasteiger charge is -2.32. The Morgan fingerprint density at radius 2 is 1.59 bits per heavy atom. The summed E-state index contributed by atoms with van der Waals surface area (Å²) in [4.78, 5) is 16.1. The van der Waals surface area contributed by atoms with Gasteiger partial charge >= 0.3 is 0 Å². The number of likely N-dealkylation sites (tertiary alicyclic amines) is 1. The van der Waals surface area contributed by atoms with Gasteiger partial charge in [0.05, 0.1) is 10.6 Å². The maximum absolute atomic E-state index is 13.3. The lowest BCUT2D eigenvalue weighted by molar-refractivity contribution is -0.127. The molecular formula is C20H19FN2O3S. The third kappa shape index (κ3) is 3.12. The maximum atomic E-state index is 13.3. The summed E-state index contributed by atoms with van der Waals surface area (Å²) in [7, 11) is -3.93. The largest absolute Gasteiger partial charge is 0.338 e. The molecule has 0 bridgehead atoms. The second kappa shape index (κ2) is 6.81. The number of para-hydroxylation sites is 1. The molecule has 0 unspecified atom stereocenters. The number of benzene rings is 2. The molecule has 1 amide bonds. The summed E-state index contributed by atoms with van der Waals surface area (Å²) in [6.07, 6.45) is 4.15. The highest BCUT2D eigenvalue weighted by Crippen LogP contribution is 2.40. The molecule has 1 saturated heterocycles. The van der Waals surface area contributed by atoms with Crippen LogP contribution in [0.2, 0.25) is 0 Å². The van der Waals surface area contributed by atoms with Gasteiger partial charge in [0.15, 0.2) is 4.91 Å². The van der Waals surface area contributed by atoms with E-state index in [0.717, 1.165) is 19.3 Å². The van der Waals surface area contributed by atoms with E-state index in [-0.39, 0.29) is 15.6 Å². The van der Waals surface area contributed by atoms with Gasteiger partial charge < -0.3 is 9.80 Å². The quantitative estimate of drug-likeness (QED) is 0.791. The summed E-state index contributed by atoms with van der Waals surface area (Å²) in [5, 5.41) is 0. The van der Waals surface area contributed by atoms with E-state index in [2.05, 4.69) is 0 Å². The number of piperidine rings is 1. The molecule has 0 atom stereocenters. The topological polar surface area (TPSA) is 57.7 Å². The molecule has 0 spiro atoms. The summed E-state index contributed by atoms with van der Waals surface area (Å²) >= 11 is 0. The lowest BCUT2D eigenvalue weighted by atomic mass is 10.1. The van der Waals surface area contributed by atoms with Crippen LogP contribution in [-0.4, -0.2) is 32.3 Å². The number of nitrogens with zero attached hydrogens (tertiary/aromatic N) is 2. The van der Waals surface area contributed by atoms with E-state index in [1.807, 2.05) is 0 Å². The van der Waals surface area contributed by atoms with Crippen molar-refractivity contribution in [3.8, 4) is 0 Å².